The number of carbonyl (C=O) groups is 2. The van der Waals surface area contributed by atoms with E-state index in [9.17, 15) is 24.2 Å². The number of esters is 1. The molecule has 0 aromatic heterocycles. The van der Waals surface area contributed by atoms with Gasteiger partial charge in [0.25, 0.3) is 0 Å². The number of hydrogen-bond donors (Lipinski definition) is 3. The Balaban J connectivity index is 3.73. The molecule has 0 aliphatic carbocycles. The summed E-state index contributed by atoms with van der Waals surface area (Å²) in [7, 11) is -4.43. The maximum absolute atomic E-state index is 12.1. The number of aliphatic hydroxyl groups is 1. The third-order valence-electron chi connectivity index (χ3n) is 7.92. The highest BCUT2D eigenvalue weighted by Crippen LogP contribution is 2.42. The molecule has 0 rings (SSSR count). The van der Waals surface area contributed by atoms with Crippen LogP contribution < -0.4 is 5.32 Å². The molecule has 0 heterocycles. The number of unbranched alkanes of at least 4 members (excludes halogenated alkanes) is 13. The molecule has 0 spiro atoms. The first-order valence-electron chi connectivity index (χ1n) is 19.8. The summed E-state index contributed by atoms with van der Waals surface area (Å²) in [5.74, 6) is -0.588. The molecule has 0 aliphatic rings. The second kappa shape index (κ2) is 37.5. The summed E-state index contributed by atoms with van der Waals surface area (Å²) in [6.45, 7) is 3.41. The minimum Gasteiger partial charge on any atom is -0.463 e. The van der Waals surface area contributed by atoms with Crippen molar-refractivity contribution in [2.75, 3.05) is 26.4 Å². The van der Waals surface area contributed by atoms with Crippen LogP contribution >= 0.6 is 7.82 Å². The SMILES string of the molecule is CCCCC/C=C\C/C=C\C/C=C\C/C=C\CCCC(=O)NCCOP(=O)(O)OCC(O)COC(=O)CCCCCCC/C=C\CCCCCC. The second-order valence-corrected chi connectivity index (χ2v) is 14.3. The lowest BCUT2D eigenvalue weighted by atomic mass is 10.1. The van der Waals surface area contributed by atoms with Crippen molar-refractivity contribution < 1.29 is 37.9 Å². The maximum atomic E-state index is 12.1. The first kappa shape index (κ1) is 48.7. The molecular formula is C41H72NO8P. The lowest BCUT2D eigenvalue weighted by molar-refractivity contribution is -0.147. The molecule has 9 nitrogen and oxygen atoms in total. The van der Waals surface area contributed by atoms with Gasteiger partial charge in [0, 0.05) is 19.4 Å². The molecular weight excluding hydrogens is 665 g/mol. The predicted octanol–water partition coefficient (Wildman–Crippen LogP) is 10.5. The van der Waals surface area contributed by atoms with Crippen molar-refractivity contribution in [2.24, 2.45) is 0 Å². The number of carbonyl (C=O) groups excluding carboxylic acids is 2. The smallest absolute Gasteiger partial charge is 0.463 e. The zero-order valence-electron chi connectivity index (χ0n) is 32.0. The molecule has 0 saturated carbocycles. The number of hydrogen-bond acceptors (Lipinski definition) is 7. The van der Waals surface area contributed by atoms with Gasteiger partial charge in [-0.2, -0.15) is 0 Å². The number of rotatable bonds is 36. The highest BCUT2D eigenvalue weighted by molar-refractivity contribution is 7.47. The summed E-state index contributed by atoms with van der Waals surface area (Å²) in [6.07, 6.45) is 43.0. The molecule has 2 unspecified atom stereocenters. The van der Waals surface area contributed by atoms with Crippen LogP contribution in [0.15, 0.2) is 60.8 Å². The summed E-state index contributed by atoms with van der Waals surface area (Å²) >= 11 is 0. The van der Waals surface area contributed by atoms with Gasteiger partial charge >= 0.3 is 13.8 Å². The number of aliphatic hydroxyl groups excluding tert-OH is 1. The third kappa shape index (κ3) is 38.8. The van der Waals surface area contributed by atoms with Crippen molar-refractivity contribution in [3.05, 3.63) is 60.8 Å². The highest BCUT2D eigenvalue weighted by atomic mass is 31.2. The number of allylic oxidation sites excluding steroid dienone is 10. The van der Waals surface area contributed by atoms with Gasteiger partial charge in [-0.1, -0.05) is 126 Å². The number of phosphoric ester groups is 1. The highest BCUT2D eigenvalue weighted by Gasteiger charge is 2.23. The van der Waals surface area contributed by atoms with Crippen LogP contribution in [-0.4, -0.2) is 54.3 Å². The zero-order chi connectivity index (χ0) is 37.5. The van der Waals surface area contributed by atoms with Crippen molar-refractivity contribution in [2.45, 2.75) is 161 Å². The molecule has 1 amide bonds. The number of amides is 1. The Bertz CT molecular complexity index is 1020. The largest absolute Gasteiger partial charge is 0.472 e. The van der Waals surface area contributed by atoms with Gasteiger partial charge < -0.3 is 20.1 Å². The molecule has 0 aliphatic heterocycles. The first-order chi connectivity index (χ1) is 24.8. The molecule has 294 valence electrons. The van der Waals surface area contributed by atoms with Crippen molar-refractivity contribution in [1.29, 1.82) is 0 Å². The fourth-order valence-corrected chi connectivity index (χ4v) is 5.65. The molecule has 0 radical (unpaired) electrons. The van der Waals surface area contributed by atoms with Gasteiger partial charge in [-0.15, -0.1) is 0 Å². The average Bonchev–Trinajstić information content (AvgIpc) is 3.11. The fourth-order valence-electron chi connectivity index (χ4n) is 4.89. The lowest BCUT2D eigenvalue weighted by Gasteiger charge is -2.15. The van der Waals surface area contributed by atoms with E-state index in [1.165, 1.54) is 57.8 Å². The van der Waals surface area contributed by atoms with Crippen LogP contribution in [0.5, 0.6) is 0 Å². The van der Waals surface area contributed by atoms with Crippen molar-refractivity contribution >= 4 is 19.7 Å². The third-order valence-corrected chi connectivity index (χ3v) is 8.90. The van der Waals surface area contributed by atoms with Gasteiger partial charge in [0.2, 0.25) is 5.91 Å². The van der Waals surface area contributed by atoms with Crippen LogP contribution in [0, 0.1) is 0 Å². The Morgan fingerprint density at radius 1 is 0.608 bits per heavy atom. The summed E-state index contributed by atoms with van der Waals surface area (Å²) in [5.41, 5.74) is 0. The van der Waals surface area contributed by atoms with Crippen LogP contribution in [0.3, 0.4) is 0 Å². The van der Waals surface area contributed by atoms with Gasteiger partial charge in [0.05, 0.1) is 13.2 Å². The Hall–Kier alpha value is -2.29. The molecule has 2 atom stereocenters. The monoisotopic (exact) mass is 737 g/mol. The normalized spacial score (nSPS) is 14.0. The summed E-state index contributed by atoms with van der Waals surface area (Å²) < 4.78 is 26.7. The van der Waals surface area contributed by atoms with Crippen LogP contribution in [0.4, 0.5) is 0 Å². The molecule has 0 saturated heterocycles. The molecule has 10 heteroatoms. The van der Waals surface area contributed by atoms with Gasteiger partial charge in [0.1, 0.15) is 12.7 Å². The molecule has 3 N–H and O–H groups in total. The molecule has 0 fully saturated rings. The van der Waals surface area contributed by atoms with Crippen LogP contribution in [0.1, 0.15) is 155 Å². The topological polar surface area (TPSA) is 131 Å². The van der Waals surface area contributed by atoms with Gasteiger partial charge in [-0.3, -0.25) is 18.6 Å². The van der Waals surface area contributed by atoms with E-state index in [4.69, 9.17) is 13.8 Å². The van der Waals surface area contributed by atoms with E-state index in [2.05, 4.69) is 79.9 Å². The molecule has 0 bridgehead atoms. The van der Waals surface area contributed by atoms with Crippen LogP contribution in [0.25, 0.3) is 0 Å². The van der Waals surface area contributed by atoms with E-state index >= 15 is 0 Å². The first-order valence-corrected chi connectivity index (χ1v) is 21.3. The molecule has 0 aromatic carbocycles. The lowest BCUT2D eigenvalue weighted by Crippen LogP contribution is -2.27. The Morgan fingerprint density at radius 2 is 1.08 bits per heavy atom. The summed E-state index contributed by atoms with van der Waals surface area (Å²) in [5, 5.41) is 12.6. The quantitative estimate of drug-likeness (QED) is 0.0251. The summed E-state index contributed by atoms with van der Waals surface area (Å²) in [4.78, 5) is 33.8. The van der Waals surface area contributed by atoms with E-state index in [1.54, 1.807) is 0 Å². The zero-order valence-corrected chi connectivity index (χ0v) is 32.9. The minimum absolute atomic E-state index is 0.0491. The fraction of sp³-hybridized carbons (Fsp3) is 0.707. The standard InChI is InChI=1S/C41H72NO8P/c1-3-5-7-9-11-13-15-17-18-19-20-22-23-25-27-29-31-33-40(44)42-35-36-49-51(46,47)50-38-39(43)37-48-41(45)34-32-30-28-26-24-21-16-14-12-10-8-6-4-2/h11,13-14,16-18,20,22,25,27,39,43H,3-10,12,15,19,21,23-24,26,28-38H2,1-2H3,(H,42,44)(H,46,47)/b13-11-,16-14-,18-17-,22-20-,27-25-. The maximum Gasteiger partial charge on any atom is 0.472 e. The van der Waals surface area contributed by atoms with E-state index in [0.717, 1.165) is 64.2 Å². The predicted molar refractivity (Wildman–Crippen MR) is 210 cm³/mol. The Kier molecular flexibility index (Phi) is 35.8. The van der Waals surface area contributed by atoms with Gasteiger partial charge in [-0.05, 0) is 77.0 Å². The summed E-state index contributed by atoms with van der Waals surface area (Å²) in [6, 6.07) is 0. The van der Waals surface area contributed by atoms with E-state index in [-0.39, 0.29) is 32.1 Å². The number of ether oxygens (including phenoxy) is 1. The van der Waals surface area contributed by atoms with Gasteiger partial charge in [0.15, 0.2) is 0 Å². The number of nitrogens with one attached hydrogen (secondary N) is 1. The van der Waals surface area contributed by atoms with E-state index < -0.39 is 26.5 Å². The van der Waals surface area contributed by atoms with E-state index in [0.29, 0.717) is 12.8 Å². The van der Waals surface area contributed by atoms with E-state index in [1.807, 2.05) is 0 Å². The van der Waals surface area contributed by atoms with Crippen LogP contribution in [-0.2, 0) is 27.9 Å². The van der Waals surface area contributed by atoms with Crippen molar-refractivity contribution in [3.63, 3.8) is 0 Å². The second-order valence-electron chi connectivity index (χ2n) is 12.9. The Labute approximate surface area is 310 Å². The molecule has 0 aromatic rings. The number of phosphoric acid groups is 1. The van der Waals surface area contributed by atoms with Crippen molar-refractivity contribution in [3.8, 4) is 0 Å². The van der Waals surface area contributed by atoms with Gasteiger partial charge in [-0.25, -0.2) is 4.57 Å². The van der Waals surface area contributed by atoms with Crippen LogP contribution in [0.2, 0.25) is 0 Å². The molecule has 51 heavy (non-hydrogen) atoms. The minimum atomic E-state index is -4.43. The Morgan fingerprint density at radius 3 is 1.69 bits per heavy atom. The average molecular weight is 738 g/mol. The van der Waals surface area contributed by atoms with Crippen molar-refractivity contribution in [1.82, 2.24) is 5.32 Å².